The van der Waals surface area contributed by atoms with Gasteiger partial charge in [0.15, 0.2) is 0 Å². The molecule has 0 amide bonds. The molecule has 0 radical (unpaired) electrons. The van der Waals surface area contributed by atoms with E-state index in [4.69, 9.17) is 4.74 Å². The van der Waals surface area contributed by atoms with Gasteiger partial charge in [-0.2, -0.15) is 0 Å². The molecule has 0 aromatic carbocycles. The van der Waals surface area contributed by atoms with Gasteiger partial charge in [0.05, 0.1) is 19.1 Å². The number of rotatable bonds is 2. The first-order valence-corrected chi connectivity index (χ1v) is 5.98. The van der Waals surface area contributed by atoms with Gasteiger partial charge < -0.3 is 4.74 Å². The Labute approximate surface area is 97.5 Å². The molecule has 0 N–H and O–H groups in total. The maximum Gasteiger partial charge on any atom is 0.148 e. The van der Waals surface area contributed by atoms with Gasteiger partial charge >= 0.3 is 0 Å². The largest absolute Gasteiger partial charge is 0.379 e. The van der Waals surface area contributed by atoms with Crippen LogP contribution in [-0.4, -0.2) is 43.0 Å². The summed E-state index contributed by atoms with van der Waals surface area (Å²) in [6.07, 6.45) is 0. The summed E-state index contributed by atoms with van der Waals surface area (Å²) in [6, 6.07) is 0.321. The minimum absolute atomic E-state index is 0.0353. The van der Waals surface area contributed by atoms with Crippen LogP contribution in [0, 0.1) is 11.3 Å². The Bertz CT molecular complexity index is 316. The first-order valence-electron chi connectivity index (χ1n) is 5.98. The normalized spacial score (nSPS) is 34.6. The fourth-order valence-corrected chi connectivity index (χ4v) is 3.03. The lowest BCUT2D eigenvalue weighted by Gasteiger charge is -2.55. The average Bonchev–Trinajstić information content (AvgIpc) is 2.25. The summed E-state index contributed by atoms with van der Waals surface area (Å²) in [5.74, 6) is 0.379. The van der Waals surface area contributed by atoms with Crippen LogP contribution < -0.4 is 0 Å². The van der Waals surface area contributed by atoms with Crippen LogP contribution in [0.3, 0.4) is 0 Å². The van der Waals surface area contributed by atoms with Crippen LogP contribution in [0.2, 0.25) is 0 Å². The third-order valence-electron chi connectivity index (χ3n) is 3.94. The third-order valence-corrected chi connectivity index (χ3v) is 3.94. The Morgan fingerprint density at radius 2 is 2.00 bits per heavy atom. The minimum atomic E-state index is -0.221. The molecule has 3 nitrogen and oxygen atoms in total. The Morgan fingerprint density at radius 1 is 1.44 bits per heavy atom. The van der Waals surface area contributed by atoms with Crippen molar-refractivity contribution in [2.24, 2.45) is 11.3 Å². The van der Waals surface area contributed by atoms with Gasteiger partial charge in [0.25, 0.3) is 0 Å². The monoisotopic (exact) mass is 223 g/mol. The lowest BCUT2D eigenvalue weighted by atomic mass is 9.56. The molecule has 16 heavy (non-hydrogen) atoms. The summed E-state index contributed by atoms with van der Waals surface area (Å²) < 4.78 is 5.36. The van der Waals surface area contributed by atoms with Crippen molar-refractivity contribution in [3.63, 3.8) is 0 Å². The van der Waals surface area contributed by atoms with Crippen molar-refractivity contribution in [2.75, 3.05) is 26.3 Å². The van der Waals surface area contributed by atoms with Crippen molar-refractivity contribution in [1.82, 2.24) is 4.90 Å². The van der Waals surface area contributed by atoms with E-state index in [0.29, 0.717) is 11.8 Å². The molecule has 2 unspecified atom stereocenters. The van der Waals surface area contributed by atoms with Gasteiger partial charge in [-0.1, -0.05) is 26.0 Å². The average molecular weight is 223 g/mol. The van der Waals surface area contributed by atoms with Crippen LogP contribution in [0.4, 0.5) is 0 Å². The smallest absolute Gasteiger partial charge is 0.148 e. The second kappa shape index (κ2) is 3.97. The molecule has 3 heteroatoms. The summed E-state index contributed by atoms with van der Waals surface area (Å²) in [5, 5.41) is 0. The van der Waals surface area contributed by atoms with Crippen LogP contribution in [0.25, 0.3) is 0 Å². The molecule has 0 aromatic rings. The lowest BCUT2D eigenvalue weighted by Crippen LogP contribution is -2.67. The molecule has 2 rings (SSSR count). The molecule has 1 heterocycles. The van der Waals surface area contributed by atoms with Crippen LogP contribution in [-0.2, 0) is 9.53 Å². The van der Waals surface area contributed by atoms with Gasteiger partial charge in [-0.3, -0.25) is 9.69 Å². The fourth-order valence-electron chi connectivity index (χ4n) is 3.03. The fraction of sp³-hybridized carbons (Fsp3) is 0.769. The Kier molecular flexibility index (Phi) is 2.93. The molecule has 1 saturated carbocycles. The van der Waals surface area contributed by atoms with Gasteiger partial charge in [-0.15, -0.1) is 0 Å². The molecule has 2 fully saturated rings. The quantitative estimate of drug-likeness (QED) is 0.664. The maximum atomic E-state index is 12.1. The Hall–Kier alpha value is -0.670. The molecule has 1 aliphatic heterocycles. The van der Waals surface area contributed by atoms with Crippen LogP contribution >= 0.6 is 0 Å². The van der Waals surface area contributed by atoms with E-state index in [1.807, 2.05) is 6.92 Å². The first-order chi connectivity index (χ1) is 7.46. The molecule has 2 atom stereocenters. The number of carbonyl (C=O) groups is 1. The second-order valence-electron chi connectivity index (χ2n) is 5.50. The molecule has 2 aliphatic rings. The second-order valence-corrected chi connectivity index (χ2v) is 5.50. The van der Waals surface area contributed by atoms with Gasteiger partial charge in [0.2, 0.25) is 0 Å². The maximum absolute atomic E-state index is 12.1. The van der Waals surface area contributed by atoms with Crippen molar-refractivity contribution in [2.45, 2.75) is 26.8 Å². The molecule has 1 aliphatic carbocycles. The van der Waals surface area contributed by atoms with Gasteiger partial charge in [-0.25, -0.2) is 0 Å². The summed E-state index contributed by atoms with van der Waals surface area (Å²) in [4.78, 5) is 14.5. The topological polar surface area (TPSA) is 29.5 Å². The third kappa shape index (κ3) is 1.62. The number of morpholine rings is 1. The van der Waals surface area contributed by atoms with E-state index in [1.165, 1.54) is 0 Å². The van der Waals surface area contributed by atoms with Crippen molar-refractivity contribution in [3.8, 4) is 0 Å². The number of ether oxygens (including phenoxy) is 1. The summed E-state index contributed by atoms with van der Waals surface area (Å²) in [6.45, 7) is 13.5. The van der Waals surface area contributed by atoms with E-state index in [9.17, 15) is 4.79 Å². The predicted molar refractivity (Wildman–Crippen MR) is 63.3 cm³/mol. The molecular weight excluding hydrogens is 202 g/mol. The zero-order chi connectivity index (χ0) is 11.9. The van der Waals surface area contributed by atoms with E-state index < -0.39 is 0 Å². The Balaban J connectivity index is 2.16. The molecule has 1 saturated heterocycles. The number of ketones is 1. The predicted octanol–water partition coefficient (Wildman–Crippen LogP) is 1.49. The van der Waals surface area contributed by atoms with Gasteiger partial charge in [0, 0.05) is 24.5 Å². The number of Topliss-reactive ketones (excluding diaryl/α,β-unsaturated/α-hetero) is 1. The van der Waals surface area contributed by atoms with Crippen LogP contribution in [0.15, 0.2) is 12.2 Å². The van der Waals surface area contributed by atoms with Crippen molar-refractivity contribution in [3.05, 3.63) is 12.2 Å². The van der Waals surface area contributed by atoms with Gasteiger partial charge in [0.1, 0.15) is 5.78 Å². The molecule has 0 spiro atoms. The highest BCUT2D eigenvalue weighted by Crippen LogP contribution is 2.47. The zero-order valence-electron chi connectivity index (χ0n) is 10.5. The minimum Gasteiger partial charge on any atom is -0.379 e. The van der Waals surface area contributed by atoms with Gasteiger partial charge in [-0.05, 0) is 6.92 Å². The van der Waals surface area contributed by atoms with Crippen molar-refractivity contribution < 1.29 is 9.53 Å². The van der Waals surface area contributed by atoms with Crippen LogP contribution in [0.1, 0.15) is 20.8 Å². The SMILES string of the molecule is C=C(C)C1C(=O)C(C)(C)C1N1CCOCC1. The van der Waals surface area contributed by atoms with E-state index in [-0.39, 0.29) is 11.3 Å². The number of carbonyl (C=O) groups excluding carboxylic acids is 1. The number of hydrogen-bond acceptors (Lipinski definition) is 3. The standard InChI is InChI=1S/C13H21NO2/c1-9(2)10-11(13(3,4)12(10)15)14-5-7-16-8-6-14/h10-11H,1,5-8H2,2-4H3. The highest BCUT2D eigenvalue weighted by molar-refractivity contribution is 5.96. The molecule has 0 aromatic heterocycles. The number of nitrogens with zero attached hydrogens (tertiary/aromatic N) is 1. The first kappa shape index (κ1) is 11.8. The lowest BCUT2D eigenvalue weighted by molar-refractivity contribution is -0.157. The summed E-state index contributed by atoms with van der Waals surface area (Å²) in [5.41, 5.74) is 0.779. The summed E-state index contributed by atoms with van der Waals surface area (Å²) >= 11 is 0. The highest BCUT2D eigenvalue weighted by atomic mass is 16.5. The number of hydrogen-bond donors (Lipinski definition) is 0. The van der Waals surface area contributed by atoms with Crippen LogP contribution in [0.5, 0.6) is 0 Å². The zero-order valence-corrected chi connectivity index (χ0v) is 10.5. The van der Waals surface area contributed by atoms with Crippen molar-refractivity contribution >= 4 is 5.78 Å². The molecule has 0 bridgehead atoms. The molecular formula is C13H21NO2. The van der Waals surface area contributed by atoms with E-state index >= 15 is 0 Å². The van der Waals surface area contributed by atoms with E-state index in [2.05, 4.69) is 25.3 Å². The molecule has 90 valence electrons. The highest BCUT2D eigenvalue weighted by Gasteiger charge is 2.58. The van der Waals surface area contributed by atoms with E-state index in [0.717, 1.165) is 31.9 Å². The Morgan fingerprint density at radius 3 is 2.50 bits per heavy atom. The van der Waals surface area contributed by atoms with Crippen molar-refractivity contribution in [1.29, 1.82) is 0 Å². The summed E-state index contributed by atoms with van der Waals surface area (Å²) in [7, 11) is 0. The van der Waals surface area contributed by atoms with E-state index in [1.54, 1.807) is 0 Å².